The number of hydrogen-bond acceptors (Lipinski definition) is 4. The largest absolute Gasteiger partial charge is 0.464 e. The highest BCUT2D eigenvalue weighted by molar-refractivity contribution is 8.00. The third-order valence-electron chi connectivity index (χ3n) is 4.85. The van der Waals surface area contributed by atoms with E-state index in [1.165, 1.54) is 0 Å². The summed E-state index contributed by atoms with van der Waals surface area (Å²) in [5.74, 6) is 0.468. The highest BCUT2D eigenvalue weighted by Crippen LogP contribution is 2.36. The zero-order valence-electron chi connectivity index (χ0n) is 16.2. The van der Waals surface area contributed by atoms with Gasteiger partial charge in [-0.1, -0.05) is 57.5 Å². The summed E-state index contributed by atoms with van der Waals surface area (Å²) in [5, 5.41) is 2.10. The van der Waals surface area contributed by atoms with Gasteiger partial charge in [-0.3, -0.25) is 4.79 Å². The molecule has 0 spiro atoms. The SMILES string of the molecule is CCCCOC(=O)[C@@H]1CS[C@H](C(C)C)N1C(=O)c1ccc2ccccc2c1. The van der Waals surface area contributed by atoms with Crippen LogP contribution in [0.5, 0.6) is 0 Å². The van der Waals surface area contributed by atoms with Crippen LogP contribution < -0.4 is 0 Å². The van der Waals surface area contributed by atoms with E-state index in [0.29, 0.717) is 17.9 Å². The van der Waals surface area contributed by atoms with E-state index in [2.05, 4.69) is 20.8 Å². The summed E-state index contributed by atoms with van der Waals surface area (Å²) in [6, 6.07) is 13.2. The second-order valence-electron chi connectivity index (χ2n) is 7.28. The minimum absolute atomic E-state index is 0.0207. The molecule has 1 heterocycles. The Morgan fingerprint density at radius 3 is 2.63 bits per heavy atom. The standard InChI is InChI=1S/C22H27NO3S/c1-4-5-12-26-22(25)19-14-27-21(15(2)3)23(19)20(24)18-11-10-16-8-6-7-9-17(16)13-18/h6-11,13,15,19,21H,4-5,12,14H2,1-3H3/t19-,21+/m0/s1. The Hall–Kier alpha value is -2.01. The van der Waals surface area contributed by atoms with Crippen LogP contribution in [-0.4, -0.2) is 40.6 Å². The van der Waals surface area contributed by atoms with E-state index in [4.69, 9.17) is 4.74 Å². The quantitative estimate of drug-likeness (QED) is 0.533. The van der Waals surface area contributed by atoms with Gasteiger partial charge in [0.15, 0.2) is 0 Å². The predicted molar refractivity (Wildman–Crippen MR) is 111 cm³/mol. The molecule has 1 aliphatic heterocycles. The fourth-order valence-electron chi connectivity index (χ4n) is 3.36. The molecule has 144 valence electrons. The molecule has 2 atom stereocenters. The van der Waals surface area contributed by atoms with E-state index >= 15 is 0 Å². The van der Waals surface area contributed by atoms with Crippen molar-refractivity contribution in [3.63, 3.8) is 0 Å². The second kappa shape index (κ2) is 8.79. The van der Waals surface area contributed by atoms with Gasteiger partial charge in [-0.25, -0.2) is 4.79 Å². The van der Waals surface area contributed by atoms with Crippen LogP contribution in [0, 0.1) is 5.92 Å². The first kappa shape index (κ1) is 19.7. The molecule has 2 aromatic carbocycles. The van der Waals surface area contributed by atoms with Gasteiger partial charge in [-0.2, -0.15) is 0 Å². The van der Waals surface area contributed by atoms with Crippen molar-refractivity contribution < 1.29 is 14.3 Å². The van der Waals surface area contributed by atoms with Gasteiger partial charge in [-0.05, 0) is 35.2 Å². The van der Waals surface area contributed by atoms with E-state index in [1.807, 2.05) is 42.5 Å². The number of thioether (sulfide) groups is 1. The first-order chi connectivity index (χ1) is 13.0. The highest BCUT2D eigenvalue weighted by atomic mass is 32.2. The molecule has 0 saturated carbocycles. The van der Waals surface area contributed by atoms with Gasteiger partial charge >= 0.3 is 5.97 Å². The summed E-state index contributed by atoms with van der Waals surface area (Å²) in [6.07, 6.45) is 1.82. The third-order valence-corrected chi connectivity index (χ3v) is 6.47. The molecule has 1 fully saturated rings. The van der Waals surface area contributed by atoms with Crippen LogP contribution >= 0.6 is 11.8 Å². The van der Waals surface area contributed by atoms with Crippen molar-refractivity contribution in [3.05, 3.63) is 48.0 Å². The number of esters is 1. The summed E-state index contributed by atoms with van der Waals surface area (Å²) in [7, 11) is 0. The van der Waals surface area contributed by atoms with Crippen LogP contribution in [0.2, 0.25) is 0 Å². The van der Waals surface area contributed by atoms with Crippen molar-refractivity contribution in [1.29, 1.82) is 0 Å². The van der Waals surface area contributed by atoms with E-state index < -0.39 is 6.04 Å². The summed E-state index contributed by atoms with van der Waals surface area (Å²) in [6.45, 7) is 6.65. The molecule has 0 radical (unpaired) electrons. The van der Waals surface area contributed by atoms with E-state index in [-0.39, 0.29) is 23.2 Å². The molecule has 1 saturated heterocycles. The zero-order valence-corrected chi connectivity index (χ0v) is 17.0. The van der Waals surface area contributed by atoms with Gasteiger partial charge in [0, 0.05) is 11.3 Å². The molecule has 3 rings (SSSR count). The van der Waals surface area contributed by atoms with Gasteiger partial charge in [0.25, 0.3) is 5.91 Å². The van der Waals surface area contributed by atoms with Crippen LogP contribution in [0.1, 0.15) is 44.0 Å². The Morgan fingerprint density at radius 2 is 1.93 bits per heavy atom. The van der Waals surface area contributed by atoms with E-state index in [1.54, 1.807) is 16.7 Å². The molecule has 0 unspecified atom stereocenters. The van der Waals surface area contributed by atoms with Crippen molar-refractivity contribution in [2.45, 2.75) is 45.0 Å². The smallest absolute Gasteiger partial charge is 0.329 e. The van der Waals surface area contributed by atoms with Crippen molar-refractivity contribution in [3.8, 4) is 0 Å². The summed E-state index contributed by atoms with van der Waals surface area (Å²) < 4.78 is 5.43. The Balaban J connectivity index is 1.87. The van der Waals surface area contributed by atoms with Gasteiger partial charge in [-0.15, -0.1) is 11.8 Å². The first-order valence-corrected chi connectivity index (χ1v) is 10.7. The van der Waals surface area contributed by atoms with Crippen LogP contribution in [0.15, 0.2) is 42.5 Å². The van der Waals surface area contributed by atoms with Crippen molar-refractivity contribution in [2.75, 3.05) is 12.4 Å². The molecular formula is C22H27NO3S. The molecule has 27 heavy (non-hydrogen) atoms. The molecule has 1 aliphatic rings. The topological polar surface area (TPSA) is 46.6 Å². The highest BCUT2D eigenvalue weighted by Gasteiger charge is 2.43. The fraction of sp³-hybridized carbons (Fsp3) is 0.455. The predicted octanol–water partition coefficient (Wildman–Crippen LogP) is 4.72. The summed E-state index contributed by atoms with van der Waals surface area (Å²) >= 11 is 1.67. The lowest BCUT2D eigenvalue weighted by Crippen LogP contribution is -2.47. The van der Waals surface area contributed by atoms with Crippen LogP contribution in [0.25, 0.3) is 10.8 Å². The number of benzene rings is 2. The molecule has 0 N–H and O–H groups in total. The van der Waals surface area contributed by atoms with E-state index in [9.17, 15) is 9.59 Å². The number of fused-ring (bicyclic) bond motifs is 1. The maximum atomic E-state index is 13.4. The maximum Gasteiger partial charge on any atom is 0.329 e. The lowest BCUT2D eigenvalue weighted by Gasteiger charge is -2.30. The molecule has 1 amide bonds. The van der Waals surface area contributed by atoms with Gasteiger partial charge < -0.3 is 9.64 Å². The fourth-order valence-corrected chi connectivity index (χ4v) is 4.83. The van der Waals surface area contributed by atoms with Gasteiger partial charge in [0.1, 0.15) is 6.04 Å². The van der Waals surface area contributed by atoms with Gasteiger partial charge in [0.2, 0.25) is 0 Å². The number of hydrogen-bond donors (Lipinski definition) is 0. The van der Waals surface area contributed by atoms with Gasteiger partial charge in [0.05, 0.1) is 12.0 Å². The molecular weight excluding hydrogens is 358 g/mol. The molecule has 0 aliphatic carbocycles. The minimum atomic E-state index is -0.516. The molecule has 5 heteroatoms. The normalized spacial score (nSPS) is 19.6. The average molecular weight is 386 g/mol. The summed E-state index contributed by atoms with van der Waals surface area (Å²) in [5.41, 5.74) is 0.619. The molecule has 4 nitrogen and oxygen atoms in total. The number of carbonyl (C=O) groups is 2. The third kappa shape index (κ3) is 4.29. The lowest BCUT2D eigenvalue weighted by atomic mass is 10.0. The minimum Gasteiger partial charge on any atom is -0.464 e. The Labute approximate surface area is 165 Å². The number of nitrogens with zero attached hydrogens (tertiary/aromatic N) is 1. The Morgan fingerprint density at radius 1 is 1.19 bits per heavy atom. The lowest BCUT2D eigenvalue weighted by molar-refractivity contribution is -0.148. The Bertz CT molecular complexity index is 820. The monoisotopic (exact) mass is 385 g/mol. The number of amides is 1. The molecule has 0 bridgehead atoms. The number of carbonyl (C=O) groups excluding carboxylic acids is 2. The first-order valence-electron chi connectivity index (χ1n) is 9.62. The maximum absolute atomic E-state index is 13.4. The average Bonchev–Trinajstić information content (AvgIpc) is 3.12. The molecule has 2 aromatic rings. The van der Waals surface area contributed by atoms with Crippen molar-refractivity contribution >= 4 is 34.4 Å². The Kier molecular flexibility index (Phi) is 6.42. The van der Waals surface area contributed by atoms with Crippen LogP contribution in [0.4, 0.5) is 0 Å². The van der Waals surface area contributed by atoms with Crippen molar-refractivity contribution in [1.82, 2.24) is 4.90 Å². The molecule has 0 aromatic heterocycles. The second-order valence-corrected chi connectivity index (χ2v) is 8.43. The van der Waals surface area contributed by atoms with Crippen molar-refractivity contribution in [2.24, 2.45) is 5.92 Å². The summed E-state index contributed by atoms with van der Waals surface area (Å²) in [4.78, 5) is 27.7. The zero-order chi connectivity index (χ0) is 19.4. The van der Waals surface area contributed by atoms with Crippen LogP contribution in [-0.2, 0) is 9.53 Å². The number of rotatable bonds is 6. The number of ether oxygens (including phenoxy) is 1. The number of unbranched alkanes of at least 4 members (excludes halogenated alkanes) is 1. The van der Waals surface area contributed by atoms with E-state index in [0.717, 1.165) is 23.6 Å². The van der Waals surface area contributed by atoms with Crippen LogP contribution in [0.3, 0.4) is 0 Å².